The van der Waals surface area contributed by atoms with E-state index in [2.05, 4.69) is 5.32 Å². The van der Waals surface area contributed by atoms with Crippen LogP contribution < -0.4 is 5.32 Å². The molecule has 1 aliphatic carbocycles. The number of carbonyl (C=O) groups is 2. The van der Waals surface area contributed by atoms with Crippen molar-refractivity contribution >= 4 is 18.8 Å². The van der Waals surface area contributed by atoms with Crippen LogP contribution in [-0.2, 0) is 25.3 Å². The van der Waals surface area contributed by atoms with Gasteiger partial charge in [0.25, 0.3) is 0 Å². The SMILES string of the molecule is CCC(C)C(=O)NC(Cc1ccccc1)C(=O)CC(CC1CC1)B(OC)OC. The molecular formula is C22H34BNO4. The third kappa shape index (κ3) is 7.06. The first-order chi connectivity index (χ1) is 13.5. The maximum absolute atomic E-state index is 13.2. The molecule has 0 heterocycles. The molecule has 1 aromatic carbocycles. The summed E-state index contributed by atoms with van der Waals surface area (Å²) in [5.74, 6) is 0.538. The number of amides is 1. The van der Waals surface area contributed by atoms with Gasteiger partial charge in [-0.3, -0.25) is 9.59 Å². The molecule has 1 N–H and O–H groups in total. The Kier molecular flexibility index (Phi) is 9.19. The quantitative estimate of drug-likeness (QED) is 0.525. The van der Waals surface area contributed by atoms with Gasteiger partial charge in [0.15, 0.2) is 5.78 Å². The average molecular weight is 387 g/mol. The van der Waals surface area contributed by atoms with Crippen LogP contribution in [0.1, 0.15) is 51.5 Å². The van der Waals surface area contributed by atoms with Crippen LogP contribution in [0.15, 0.2) is 30.3 Å². The minimum atomic E-state index is -0.528. The van der Waals surface area contributed by atoms with Crippen molar-refractivity contribution < 1.29 is 18.9 Å². The van der Waals surface area contributed by atoms with Gasteiger partial charge in [0.2, 0.25) is 5.91 Å². The van der Waals surface area contributed by atoms with E-state index in [-0.39, 0.29) is 23.4 Å². The lowest BCUT2D eigenvalue weighted by Crippen LogP contribution is -2.45. The largest absolute Gasteiger partial charge is 0.460 e. The van der Waals surface area contributed by atoms with Crippen molar-refractivity contribution in [3.8, 4) is 0 Å². The maximum Gasteiger partial charge on any atom is 0.460 e. The fraction of sp³-hybridized carbons (Fsp3) is 0.636. The van der Waals surface area contributed by atoms with Gasteiger partial charge in [0.05, 0.1) is 6.04 Å². The molecule has 3 unspecified atom stereocenters. The van der Waals surface area contributed by atoms with E-state index in [1.807, 2.05) is 44.2 Å². The number of hydrogen-bond acceptors (Lipinski definition) is 4. The molecule has 28 heavy (non-hydrogen) atoms. The van der Waals surface area contributed by atoms with Gasteiger partial charge in [-0.2, -0.15) is 0 Å². The molecule has 1 saturated carbocycles. The predicted molar refractivity (Wildman–Crippen MR) is 112 cm³/mol. The Bertz CT molecular complexity index is 616. The highest BCUT2D eigenvalue weighted by Gasteiger charge is 2.37. The van der Waals surface area contributed by atoms with Crippen molar-refractivity contribution in [1.29, 1.82) is 0 Å². The minimum absolute atomic E-state index is 0.00812. The Hall–Kier alpha value is -1.66. The zero-order chi connectivity index (χ0) is 20.5. The van der Waals surface area contributed by atoms with Crippen LogP contribution in [0.3, 0.4) is 0 Å². The van der Waals surface area contributed by atoms with Gasteiger partial charge in [-0.25, -0.2) is 0 Å². The summed E-state index contributed by atoms with van der Waals surface area (Å²) < 4.78 is 10.9. The molecule has 0 spiro atoms. The fourth-order valence-corrected chi connectivity index (χ4v) is 3.55. The standard InChI is InChI=1S/C22H34BNO4/c1-5-16(2)22(26)24-20(14-17-9-7-6-8-10-17)21(25)15-19(13-18-11-12-18)23(27-3)28-4/h6-10,16,18-20H,5,11-15H2,1-4H3,(H,24,26). The highest BCUT2D eigenvalue weighted by molar-refractivity contribution is 6.46. The second-order valence-electron chi connectivity index (χ2n) is 8.01. The number of carbonyl (C=O) groups excluding carboxylic acids is 2. The molecule has 6 heteroatoms. The predicted octanol–water partition coefficient (Wildman–Crippen LogP) is 3.67. The monoisotopic (exact) mass is 387 g/mol. The minimum Gasteiger partial charge on any atom is -0.414 e. The van der Waals surface area contributed by atoms with Crippen LogP contribution in [-0.4, -0.2) is 39.1 Å². The fourth-order valence-electron chi connectivity index (χ4n) is 3.55. The molecule has 1 aliphatic rings. The van der Waals surface area contributed by atoms with Crippen molar-refractivity contribution in [2.45, 2.75) is 64.2 Å². The molecule has 1 amide bonds. The first-order valence-electron chi connectivity index (χ1n) is 10.4. The summed E-state index contributed by atoms with van der Waals surface area (Å²) in [6.45, 7) is 3.87. The van der Waals surface area contributed by atoms with Gasteiger partial charge in [-0.15, -0.1) is 0 Å². The molecule has 0 aromatic heterocycles. The van der Waals surface area contributed by atoms with Crippen LogP contribution >= 0.6 is 0 Å². The zero-order valence-electron chi connectivity index (χ0n) is 17.6. The Balaban J connectivity index is 2.11. The molecule has 154 valence electrons. The summed E-state index contributed by atoms with van der Waals surface area (Å²) in [7, 11) is 2.84. The summed E-state index contributed by atoms with van der Waals surface area (Å²) in [4.78, 5) is 25.7. The number of Topliss-reactive ketones (excluding diaryl/α,β-unsaturated/α-hetero) is 1. The molecule has 0 aliphatic heterocycles. The number of ketones is 1. The van der Waals surface area contributed by atoms with E-state index in [1.165, 1.54) is 12.8 Å². The van der Waals surface area contributed by atoms with Crippen LogP contribution in [0.4, 0.5) is 0 Å². The lowest BCUT2D eigenvalue weighted by Gasteiger charge is -2.24. The Morgan fingerprint density at radius 2 is 1.82 bits per heavy atom. The van der Waals surface area contributed by atoms with Crippen molar-refractivity contribution in [2.24, 2.45) is 11.8 Å². The van der Waals surface area contributed by atoms with E-state index in [0.717, 1.165) is 18.4 Å². The van der Waals surface area contributed by atoms with Crippen LogP contribution in [0.5, 0.6) is 0 Å². The number of rotatable bonds is 13. The number of hydrogen-bond donors (Lipinski definition) is 1. The number of nitrogens with one attached hydrogen (secondary N) is 1. The molecule has 0 radical (unpaired) electrons. The van der Waals surface area contributed by atoms with Crippen LogP contribution in [0.2, 0.25) is 5.82 Å². The van der Waals surface area contributed by atoms with E-state index in [0.29, 0.717) is 18.8 Å². The van der Waals surface area contributed by atoms with Crippen molar-refractivity contribution in [3.63, 3.8) is 0 Å². The molecule has 1 aromatic rings. The lowest BCUT2D eigenvalue weighted by molar-refractivity contribution is -0.130. The van der Waals surface area contributed by atoms with E-state index in [4.69, 9.17) is 9.31 Å². The van der Waals surface area contributed by atoms with Gasteiger partial charge < -0.3 is 14.6 Å². The average Bonchev–Trinajstić information content (AvgIpc) is 3.52. The second-order valence-corrected chi connectivity index (χ2v) is 8.01. The first kappa shape index (κ1) is 22.6. The Labute approximate surface area is 169 Å². The molecule has 5 nitrogen and oxygen atoms in total. The van der Waals surface area contributed by atoms with Crippen LogP contribution in [0, 0.1) is 11.8 Å². The van der Waals surface area contributed by atoms with Crippen molar-refractivity contribution in [3.05, 3.63) is 35.9 Å². The molecule has 0 bridgehead atoms. The lowest BCUT2D eigenvalue weighted by atomic mass is 9.66. The van der Waals surface area contributed by atoms with Gasteiger partial charge in [0.1, 0.15) is 0 Å². The first-order valence-corrected chi connectivity index (χ1v) is 10.4. The Morgan fingerprint density at radius 3 is 2.36 bits per heavy atom. The van der Waals surface area contributed by atoms with Crippen LogP contribution in [0.25, 0.3) is 0 Å². The van der Waals surface area contributed by atoms with E-state index in [1.54, 1.807) is 14.2 Å². The van der Waals surface area contributed by atoms with E-state index >= 15 is 0 Å². The van der Waals surface area contributed by atoms with Crippen molar-refractivity contribution in [1.82, 2.24) is 5.32 Å². The molecule has 2 rings (SSSR count). The topological polar surface area (TPSA) is 64.6 Å². The maximum atomic E-state index is 13.2. The van der Waals surface area contributed by atoms with Crippen molar-refractivity contribution in [2.75, 3.05) is 14.2 Å². The summed E-state index contributed by atoms with van der Waals surface area (Å²) in [5.41, 5.74) is 1.04. The smallest absolute Gasteiger partial charge is 0.414 e. The third-order valence-corrected chi connectivity index (χ3v) is 5.69. The summed E-state index contributed by atoms with van der Waals surface area (Å²) in [6, 6.07) is 9.31. The summed E-state index contributed by atoms with van der Waals surface area (Å²) in [5, 5.41) is 3.00. The van der Waals surface area contributed by atoms with Gasteiger partial charge >= 0.3 is 7.12 Å². The highest BCUT2D eigenvalue weighted by Crippen LogP contribution is 2.40. The molecule has 1 fully saturated rings. The number of benzene rings is 1. The van der Waals surface area contributed by atoms with E-state index < -0.39 is 13.2 Å². The molecular weight excluding hydrogens is 353 g/mol. The summed E-state index contributed by atoms with van der Waals surface area (Å²) in [6.07, 6.45) is 4.95. The van der Waals surface area contributed by atoms with Gasteiger partial charge in [-0.1, -0.05) is 57.0 Å². The second kappa shape index (κ2) is 11.4. The van der Waals surface area contributed by atoms with Gasteiger partial charge in [-0.05, 0) is 30.7 Å². The Morgan fingerprint density at radius 1 is 1.18 bits per heavy atom. The normalized spacial score (nSPS) is 16.9. The molecule has 3 atom stereocenters. The van der Waals surface area contributed by atoms with E-state index in [9.17, 15) is 9.59 Å². The third-order valence-electron chi connectivity index (χ3n) is 5.69. The van der Waals surface area contributed by atoms with Gasteiger partial charge in [0, 0.05) is 32.4 Å². The zero-order valence-corrected chi connectivity index (χ0v) is 17.6. The molecule has 0 saturated heterocycles. The highest BCUT2D eigenvalue weighted by atomic mass is 16.6. The summed E-state index contributed by atoms with van der Waals surface area (Å²) >= 11 is 0.